The monoisotopic (exact) mass is 286 g/mol. The molecule has 19 heavy (non-hydrogen) atoms. The van der Waals surface area contributed by atoms with Crippen molar-refractivity contribution in [1.82, 2.24) is 10.0 Å². The van der Waals surface area contributed by atoms with Crippen molar-refractivity contribution in [2.24, 2.45) is 5.92 Å². The predicted octanol–water partition coefficient (Wildman–Crippen LogP) is 1.35. The van der Waals surface area contributed by atoms with E-state index in [4.69, 9.17) is 4.74 Å². The molecule has 0 fully saturated rings. The minimum atomic E-state index is -3.54. The quantitative estimate of drug-likeness (QED) is 0.794. The van der Waals surface area contributed by atoms with Gasteiger partial charge in [-0.25, -0.2) is 13.1 Å². The van der Waals surface area contributed by atoms with Crippen LogP contribution in [-0.2, 0) is 16.6 Å². The van der Waals surface area contributed by atoms with Crippen LogP contribution in [0.4, 0.5) is 0 Å². The van der Waals surface area contributed by atoms with E-state index < -0.39 is 10.0 Å². The third kappa shape index (κ3) is 4.49. The van der Waals surface area contributed by atoms with E-state index in [9.17, 15) is 8.42 Å². The van der Waals surface area contributed by atoms with Gasteiger partial charge in [-0.05, 0) is 30.7 Å². The smallest absolute Gasteiger partial charge is 0.244 e. The van der Waals surface area contributed by atoms with Crippen LogP contribution in [0.3, 0.4) is 0 Å². The van der Waals surface area contributed by atoms with Crippen LogP contribution >= 0.6 is 0 Å². The van der Waals surface area contributed by atoms with Gasteiger partial charge in [0.1, 0.15) is 10.6 Å². The molecule has 0 bridgehead atoms. The van der Waals surface area contributed by atoms with Gasteiger partial charge in [0, 0.05) is 13.1 Å². The topological polar surface area (TPSA) is 67.4 Å². The Labute approximate surface area is 115 Å². The first kappa shape index (κ1) is 15.9. The summed E-state index contributed by atoms with van der Waals surface area (Å²) < 4.78 is 32.2. The Balaban J connectivity index is 3.11. The molecule has 0 aliphatic carbocycles. The van der Waals surface area contributed by atoms with Gasteiger partial charge in [0.25, 0.3) is 0 Å². The highest BCUT2D eigenvalue weighted by Crippen LogP contribution is 2.24. The number of rotatable bonds is 7. The lowest BCUT2D eigenvalue weighted by Crippen LogP contribution is -2.28. The number of nitrogens with one attached hydrogen (secondary N) is 2. The summed E-state index contributed by atoms with van der Waals surface area (Å²) in [6.45, 7) is 4.92. The standard InChI is InChI=1S/C13H22N2O3S/c1-10(2)8-15-19(16,17)13-7-11(9-14-3)5-6-12(13)18-4/h5-7,10,14-15H,8-9H2,1-4H3. The van der Waals surface area contributed by atoms with Gasteiger partial charge < -0.3 is 10.1 Å². The van der Waals surface area contributed by atoms with Gasteiger partial charge in [-0.3, -0.25) is 0 Å². The van der Waals surface area contributed by atoms with Gasteiger partial charge >= 0.3 is 0 Å². The fourth-order valence-electron chi connectivity index (χ4n) is 1.60. The van der Waals surface area contributed by atoms with Crippen molar-refractivity contribution in [3.05, 3.63) is 23.8 Å². The summed E-state index contributed by atoms with van der Waals surface area (Å²) in [5.41, 5.74) is 0.897. The first-order valence-electron chi connectivity index (χ1n) is 6.22. The number of benzene rings is 1. The normalized spacial score (nSPS) is 11.8. The molecule has 1 rings (SSSR count). The van der Waals surface area contributed by atoms with Gasteiger partial charge in [0.05, 0.1) is 7.11 Å². The van der Waals surface area contributed by atoms with E-state index in [-0.39, 0.29) is 10.8 Å². The SMILES string of the molecule is CNCc1ccc(OC)c(S(=O)(=O)NCC(C)C)c1. The van der Waals surface area contributed by atoms with Crippen molar-refractivity contribution in [3.63, 3.8) is 0 Å². The van der Waals surface area contributed by atoms with E-state index >= 15 is 0 Å². The summed E-state index contributed by atoms with van der Waals surface area (Å²) in [6, 6.07) is 5.16. The van der Waals surface area contributed by atoms with Gasteiger partial charge in [0.2, 0.25) is 10.0 Å². The molecular formula is C13H22N2O3S. The third-order valence-corrected chi connectivity index (χ3v) is 4.02. The second-order valence-corrected chi connectivity index (χ2v) is 6.50. The highest BCUT2D eigenvalue weighted by Gasteiger charge is 2.20. The van der Waals surface area contributed by atoms with Crippen molar-refractivity contribution >= 4 is 10.0 Å². The fraction of sp³-hybridized carbons (Fsp3) is 0.538. The molecule has 0 aliphatic rings. The third-order valence-electron chi connectivity index (χ3n) is 2.58. The maximum atomic E-state index is 12.3. The van der Waals surface area contributed by atoms with E-state index in [1.807, 2.05) is 27.0 Å². The average Bonchev–Trinajstić information content (AvgIpc) is 2.37. The van der Waals surface area contributed by atoms with Crippen molar-refractivity contribution in [2.45, 2.75) is 25.3 Å². The summed E-state index contributed by atoms with van der Waals surface area (Å²) in [5, 5.41) is 2.99. The minimum Gasteiger partial charge on any atom is -0.495 e. The molecule has 0 amide bonds. The second-order valence-electron chi connectivity index (χ2n) is 4.76. The predicted molar refractivity (Wildman–Crippen MR) is 75.8 cm³/mol. The molecule has 0 radical (unpaired) electrons. The number of methoxy groups -OCH3 is 1. The summed E-state index contributed by atoms with van der Waals surface area (Å²) >= 11 is 0. The zero-order chi connectivity index (χ0) is 14.5. The molecule has 0 unspecified atom stereocenters. The van der Waals surface area contributed by atoms with Gasteiger partial charge in [0.15, 0.2) is 0 Å². The van der Waals surface area contributed by atoms with Gasteiger partial charge in [-0.1, -0.05) is 19.9 Å². The summed E-state index contributed by atoms with van der Waals surface area (Å²) in [6.07, 6.45) is 0. The Morgan fingerprint density at radius 1 is 1.32 bits per heavy atom. The van der Waals surface area contributed by atoms with Crippen LogP contribution in [0.5, 0.6) is 5.75 Å². The van der Waals surface area contributed by atoms with E-state index in [2.05, 4.69) is 10.0 Å². The molecule has 1 aromatic carbocycles. The molecule has 0 aromatic heterocycles. The fourth-order valence-corrected chi connectivity index (χ4v) is 3.03. The Bertz CT molecular complexity index is 513. The number of hydrogen-bond acceptors (Lipinski definition) is 4. The van der Waals surface area contributed by atoms with Crippen LogP contribution in [0, 0.1) is 5.92 Å². The minimum absolute atomic E-state index is 0.184. The van der Waals surface area contributed by atoms with Crippen molar-refractivity contribution in [1.29, 1.82) is 0 Å². The maximum absolute atomic E-state index is 12.3. The number of sulfonamides is 1. The largest absolute Gasteiger partial charge is 0.495 e. The highest BCUT2D eigenvalue weighted by atomic mass is 32.2. The lowest BCUT2D eigenvalue weighted by molar-refractivity contribution is 0.402. The van der Waals surface area contributed by atoms with E-state index in [1.165, 1.54) is 7.11 Å². The summed E-state index contributed by atoms with van der Waals surface area (Å²) in [5.74, 6) is 0.609. The van der Waals surface area contributed by atoms with E-state index in [0.717, 1.165) is 5.56 Å². The average molecular weight is 286 g/mol. The molecule has 0 spiro atoms. The van der Waals surface area contributed by atoms with Crippen LogP contribution in [0.15, 0.2) is 23.1 Å². The Hall–Kier alpha value is -1.11. The van der Waals surface area contributed by atoms with Crippen LogP contribution in [0.1, 0.15) is 19.4 Å². The van der Waals surface area contributed by atoms with Crippen LogP contribution < -0.4 is 14.8 Å². The Kier molecular flexibility index (Phi) is 5.78. The van der Waals surface area contributed by atoms with Crippen molar-refractivity contribution < 1.29 is 13.2 Å². The zero-order valence-electron chi connectivity index (χ0n) is 11.9. The molecular weight excluding hydrogens is 264 g/mol. The van der Waals surface area contributed by atoms with Gasteiger partial charge in [-0.2, -0.15) is 0 Å². The number of hydrogen-bond donors (Lipinski definition) is 2. The highest BCUT2D eigenvalue weighted by molar-refractivity contribution is 7.89. The molecule has 0 saturated heterocycles. The zero-order valence-corrected chi connectivity index (χ0v) is 12.7. The molecule has 5 nitrogen and oxygen atoms in total. The van der Waals surface area contributed by atoms with Crippen LogP contribution in [0.25, 0.3) is 0 Å². The van der Waals surface area contributed by atoms with Crippen molar-refractivity contribution in [2.75, 3.05) is 20.7 Å². The second kappa shape index (κ2) is 6.88. The molecule has 108 valence electrons. The van der Waals surface area contributed by atoms with Crippen LogP contribution in [-0.4, -0.2) is 29.1 Å². The number of ether oxygens (including phenoxy) is 1. The molecule has 0 atom stereocenters. The molecule has 1 aromatic rings. The van der Waals surface area contributed by atoms with Crippen LogP contribution in [0.2, 0.25) is 0 Å². The molecule has 0 heterocycles. The Morgan fingerprint density at radius 2 is 2.00 bits per heavy atom. The molecule has 0 saturated carbocycles. The first-order valence-corrected chi connectivity index (χ1v) is 7.70. The lowest BCUT2D eigenvalue weighted by atomic mass is 10.2. The van der Waals surface area contributed by atoms with E-state index in [1.54, 1.807) is 12.1 Å². The van der Waals surface area contributed by atoms with Gasteiger partial charge in [-0.15, -0.1) is 0 Å². The molecule has 6 heteroatoms. The van der Waals surface area contributed by atoms with E-state index in [0.29, 0.717) is 18.8 Å². The summed E-state index contributed by atoms with van der Waals surface area (Å²) in [4.78, 5) is 0.184. The summed E-state index contributed by atoms with van der Waals surface area (Å²) in [7, 11) is -0.260. The molecule has 0 aliphatic heterocycles. The Morgan fingerprint density at radius 3 is 2.53 bits per heavy atom. The lowest BCUT2D eigenvalue weighted by Gasteiger charge is -2.13. The van der Waals surface area contributed by atoms with Crippen molar-refractivity contribution in [3.8, 4) is 5.75 Å². The maximum Gasteiger partial charge on any atom is 0.244 e. The molecule has 2 N–H and O–H groups in total. The first-order chi connectivity index (χ1) is 8.90.